The number of hydrogen-bond acceptors (Lipinski definition) is 6. The van der Waals surface area contributed by atoms with Gasteiger partial charge >= 0.3 is 0 Å². The Morgan fingerprint density at radius 3 is 1.66 bits per heavy atom. The van der Waals surface area contributed by atoms with Crippen LogP contribution in [0.15, 0.2) is 0 Å². The summed E-state index contributed by atoms with van der Waals surface area (Å²) in [6.45, 7) is 4.60. The first-order chi connectivity index (χ1) is 19.5. The molecule has 0 aliphatic rings. The molecule has 0 aliphatic heterocycles. The molecule has 0 heterocycles. The molecule has 0 rings (SSSR count). The Bertz CT molecular complexity index is 659. The van der Waals surface area contributed by atoms with Gasteiger partial charge in [-0.25, -0.2) is 0 Å². The molecule has 2 N–H and O–H groups in total. The molecule has 0 aromatic rings. The summed E-state index contributed by atoms with van der Waals surface area (Å²) in [5.74, 6) is -0.179. The summed E-state index contributed by atoms with van der Waals surface area (Å²) < 4.78 is 22.9. The van der Waals surface area contributed by atoms with Gasteiger partial charge in [-0.15, -0.1) is 0 Å². The Morgan fingerprint density at radius 1 is 0.756 bits per heavy atom. The van der Waals surface area contributed by atoms with Crippen LogP contribution in [-0.2, 0) is 18.4 Å². The van der Waals surface area contributed by atoms with Crippen molar-refractivity contribution in [1.82, 2.24) is 5.32 Å². The summed E-state index contributed by atoms with van der Waals surface area (Å²) in [6.07, 6.45) is 22.8. The predicted molar refractivity (Wildman–Crippen MR) is 169 cm³/mol. The van der Waals surface area contributed by atoms with Crippen molar-refractivity contribution in [2.75, 3.05) is 40.9 Å². The smallest absolute Gasteiger partial charge is 0.268 e. The highest BCUT2D eigenvalue weighted by Crippen LogP contribution is 2.38. The van der Waals surface area contributed by atoms with Gasteiger partial charge in [0.05, 0.1) is 39.9 Å². The number of phosphoric acid groups is 1. The van der Waals surface area contributed by atoms with Gasteiger partial charge in [0.1, 0.15) is 13.2 Å². The Balaban J connectivity index is 4.39. The summed E-state index contributed by atoms with van der Waals surface area (Å²) in [5, 5.41) is 13.7. The molecule has 0 radical (unpaired) electrons. The molecule has 41 heavy (non-hydrogen) atoms. The van der Waals surface area contributed by atoms with E-state index in [0.717, 1.165) is 51.4 Å². The van der Waals surface area contributed by atoms with E-state index in [2.05, 4.69) is 19.2 Å². The molecule has 0 saturated heterocycles. The fraction of sp³-hybridized carbons (Fsp3) is 0.969. The zero-order chi connectivity index (χ0) is 30.8. The molecule has 0 aromatic carbocycles. The van der Waals surface area contributed by atoms with Gasteiger partial charge in [0.2, 0.25) is 5.91 Å². The number of aliphatic hydroxyl groups excluding tert-OH is 1. The monoisotopic (exact) mass is 606 g/mol. The van der Waals surface area contributed by atoms with Gasteiger partial charge in [0, 0.05) is 6.42 Å². The molecule has 3 unspecified atom stereocenters. The molecule has 8 nitrogen and oxygen atoms in total. The number of carbonyl (C=O) groups is 1. The molecule has 0 aliphatic carbocycles. The van der Waals surface area contributed by atoms with Gasteiger partial charge in [-0.3, -0.25) is 9.36 Å². The second-order valence-electron chi connectivity index (χ2n) is 12.9. The van der Waals surface area contributed by atoms with E-state index < -0.39 is 20.0 Å². The van der Waals surface area contributed by atoms with Crippen LogP contribution in [0.4, 0.5) is 0 Å². The normalized spacial score (nSPS) is 15.0. The van der Waals surface area contributed by atoms with E-state index in [1.807, 2.05) is 21.1 Å². The lowest BCUT2D eigenvalue weighted by Gasteiger charge is -2.30. The average Bonchev–Trinajstić information content (AvgIpc) is 2.90. The Kier molecular flexibility index (Phi) is 25.6. The third-order valence-electron chi connectivity index (χ3n) is 7.60. The van der Waals surface area contributed by atoms with Crippen LogP contribution < -0.4 is 10.2 Å². The molecule has 0 fully saturated rings. The lowest BCUT2D eigenvalue weighted by molar-refractivity contribution is -0.870. The van der Waals surface area contributed by atoms with Crippen molar-refractivity contribution in [3.63, 3.8) is 0 Å². The molecular weight excluding hydrogens is 539 g/mol. The number of likely N-dealkylation sites (N-methyl/N-ethyl adjacent to an activating group) is 1. The molecule has 0 saturated carbocycles. The highest BCUT2D eigenvalue weighted by Gasteiger charge is 2.24. The summed E-state index contributed by atoms with van der Waals surface area (Å²) in [7, 11) is 1.30. The molecule has 3 atom stereocenters. The third kappa shape index (κ3) is 28.1. The number of quaternary nitrogens is 1. The van der Waals surface area contributed by atoms with Crippen LogP contribution in [0, 0.1) is 0 Å². The van der Waals surface area contributed by atoms with Crippen LogP contribution in [0.2, 0.25) is 0 Å². The number of amides is 1. The van der Waals surface area contributed by atoms with Gasteiger partial charge < -0.3 is 28.8 Å². The van der Waals surface area contributed by atoms with Crippen molar-refractivity contribution in [3.05, 3.63) is 0 Å². The van der Waals surface area contributed by atoms with Crippen LogP contribution in [0.1, 0.15) is 149 Å². The number of nitrogens with zero attached hydrogens (tertiary/aromatic N) is 1. The Hall–Kier alpha value is -0.500. The highest BCUT2D eigenvalue weighted by atomic mass is 31.2. The number of hydrogen-bond donors (Lipinski definition) is 2. The number of carbonyl (C=O) groups excluding carboxylic acids is 1. The van der Waals surface area contributed by atoms with Crippen molar-refractivity contribution in [3.8, 4) is 0 Å². The molecule has 0 spiro atoms. The number of nitrogens with one attached hydrogen (secondary N) is 1. The zero-order valence-electron chi connectivity index (χ0n) is 27.5. The van der Waals surface area contributed by atoms with E-state index in [9.17, 15) is 19.4 Å². The van der Waals surface area contributed by atoms with Gasteiger partial charge in [-0.1, -0.05) is 129 Å². The third-order valence-corrected chi connectivity index (χ3v) is 8.56. The molecular formula is C32H67N2O6P. The summed E-state index contributed by atoms with van der Waals surface area (Å²) in [4.78, 5) is 24.8. The van der Waals surface area contributed by atoms with Crippen LogP contribution in [0.25, 0.3) is 0 Å². The maximum absolute atomic E-state index is 12.5. The highest BCUT2D eigenvalue weighted by molar-refractivity contribution is 7.45. The number of unbranched alkanes of at least 4 members (excludes halogenated alkanes) is 17. The molecule has 246 valence electrons. The largest absolute Gasteiger partial charge is 0.756 e. The van der Waals surface area contributed by atoms with Crippen LogP contribution in [0.3, 0.4) is 0 Å². The Morgan fingerprint density at radius 2 is 1.20 bits per heavy atom. The fourth-order valence-corrected chi connectivity index (χ4v) is 5.52. The fourth-order valence-electron chi connectivity index (χ4n) is 4.80. The second kappa shape index (κ2) is 25.9. The SMILES string of the molecule is CCCCCCCCCCCCCCCCC(O)C(COP(=O)([O-])OCC[N+](C)(C)C)NC(=O)CCCCCCC. The summed E-state index contributed by atoms with van der Waals surface area (Å²) in [6, 6.07) is -0.788. The van der Waals surface area contributed by atoms with Crippen molar-refractivity contribution >= 4 is 13.7 Å². The maximum atomic E-state index is 12.5. The minimum atomic E-state index is -4.53. The van der Waals surface area contributed by atoms with Crippen molar-refractivity contribution in [2.24, 2.45) is 0 Å². The van der Waals surface area contributed by atoms with Crippen LogP contribution in [-0.4, -0.2) is 68.5 Å². The minimum absolute atomic E-state index is 0.0145. The maximum Gasteiger partial charge on any atom is 0.268 e. The zero-order valence-corrected chi connectivity index (χ0v) is 28.4. The van der Waals surface area contributed by atoms with E-state index in [-0.39, 0.29) is 19.1 Å². The van der Waals surface area contributed by atoms with Gasteiger partial charge in [0.15, 0.2) is 0 Å². The minimum Gasteiger partial charge on any atom is -0.756 e. The lowest BCUT2D eigenvalue weighted by atomic mass is 10.0. The molecule has 1 amide bonds. The first-order valence-corrected chi connectivity index (χ1v) is 18.3. The van der Waals surface area contributed by atoms with E-state index in [1.54, 1.807) is 0 Å². The average molecular weight is 607 g/mol. The van der Waals surface area contributed by atoms with Gasteiger partial charge in [0.25, 0.3) is 7.82 Å². The van der Waals surface area contributed by atoms with Gasteiger partial charge in [-0.2, -0.15) is 0 Å². The van der Waals surface area contributed by atoms with Crippen LogP contribution in [0.5, 0.6) is 0 Å². The lowest BCUT2D eigenvalue weighted by Crippen LogP contribution is -2.46. The van der Waals surface area contributed by atoms with Crippen molar-refractivity contribution < 1.29 is 32.9 Å². The number of aliphatic hydroxyl groups is 1. The van der Waals surface area contributed by atoms with E-state index >= 15 is 0 Å². The number of rotatable bonds is 30. The molecule has 0 aromatic heterocycles. The molecule has 0 bridgehead atoms. The van der Waals surface area contributed by atoms with Crippen molar-refractivity contribution in [1.29, 1.82) is 0 Å². The van der Waals surface area contributed by atoms with Gasteiger partial charge in [-0.05, 0) is 12.8 Å². The van der Waals surface area contributed by atoms with E-state index in [1.165, 1.54) is 70.6 Å². The first kappa shape index (κ1) is 40.5. The van der Waals surface area contributed by atoms with E-state index in [4.69, 9.17) is 9.05 Å². The summed E-state index contributed by atoms with van der Waals surface area (Å²) in [5.41, 5.74) is 0. The summed E-state index contributed by atoms with van der Waals surface area (Å²) >= 11 is 0. The topological polar surface area (TPSA) is 108 Å². The van der Waals surface area contributed by atoms with E-state index in [0.29, 0.717) is 23.9 Å². The first-order valence-electron chi connectivity index (χ1n) is 16.9. The van der Waals surface area contributed by atoms with Crippen molar-refractivity contribution in [2.45, 2.75) is 161 Å². The molecule has 9 heteroatoms. The van der Waals surface area contributed by atoms with Crippen LogP contribution >= 0.6 is 7.82 Å². The second-order valence-corrected chi connectivity index (χ2v) is 14.3. The number of phosphoric ester groups is 1. The Labute approximate surface area is 253 Å². The standard InChI is InChI=1S/C32H67N2O6P/c1-6-8-10-12-13-14-15-16-17-18-19-20-22-23-25-31(35)30(33-32(36)26-24-21-11-9-7-2)29-40-41(37,38)39-28-27-34(3,4)5/h30-31,35H,6-29H2,1-5H3,(H-,33,36,37,38). The quantitative estimate of drug-likeness (QED) is 0.0506. The predicted octanol–water partition coefficient (Wildman–Crippen LogP) is 7.27.